The lowest BCUT2D eigenvalue weighted by atomic mass is 9.81. The van der Waals surface area contributed by atoms with Gasteiger partial charge < -0.3 is 14.7 Å². The van der Waals surface area contributed by atoms with Gasteiger partial charge in [-0.15, -0.1) is 0 Å². The van der Waals surface area contributed by atoms with Crippen molar-refractivity contribution in [3.8, 4) is 0 Å². The molecule has 2 heterocycles. The summed E-state index contributed by atoms with van der Waals surface area (Å²) in [4.78, 5) is 5.13. The molecule has 1 aromatic carbocycles. The zero-order chi connectivity index (χ0) is 30.7. The van der Waals surface area contributed by atoms with Crippen molar-refractivity contribution in [2.75, 3.05) is 33.4 Å². The average molecular weight is 620 g/mol. The van der Waals surface area contributed by atoms with Crippen LogP contribution in [0.15, 0.2) is 18.2 Å². The molecule has 2 aliphatic heterocycles. The second kappa shape index (κ2) is 14.5. The Balaban J connectivity index is 1.42. The Morgan fingerprint density at radius 2 is 1.84 bits per heavy atom. The lowest BCUT2D eigenvalue weighted by Crippen LogP contribution is -2.64. The lowest BCUT2D eigenvalue weighted by Gasteiger charge is -2.51. The molecule has 10 heteroatoms. The molecule has 4 N–H and O–H groups in total. The first-order valence-corrected chi connectivity index (χ1v) is 18.4. The van der Waals surface area contributed by atoms with Crippen LogP contribution in [0.5, 0.6) is 0 Å². The van der Waals surface area contributed by atoms with Gasteiger partial charge >= 0.3 is 0 Å². The minimum atomic E-state index is -3.54. The SMILES string of the molecule is Cc1cccc(C)c1C1CC2NC(N1)NS(=O)(=O)C1CCCC(C1)CN(C1CC(N(C)CCCO)C1)[C@H](CC(C)C)CO2. The number of nitrogens with zero attached hydrogens (tertiary/aromatic N) is 2. The number of hydrogen-bond acceptors (Lipinski definition) is 8. The van der Waals surface area contributed by atoms with E-state index in [1.165, 1.54) is 16.7 Å². The first-order valence-electron chi connectivity index (χ1n) is 16.8. The summed E-state index contributed by atoms with van der Waals surface area (Å²) in [5.41, 5.74) is 3.65. The van der Waals surface area contributed by atoms with Gasteiger partial charge in [0.1, 0.15) is 12.5 Å². The molecule has 0 spiro atoms. The number of benzene rings is 1. The highest BCUT2D eigenvalue weighted by atomic mass is 32.2. The van der Waals surface area contributed by atoms with Crippen LogP contribution in [0.4, 0.5) is 0 Å². The van der Waals surface area contributed by atoms with E-state index >= 15 is 0 Å². The monoisotopic (exact) mass is 619 g/mol. The summed E-state index contributed by atoms with van der Waals surface area (Å²) >= 11 is 0. The van der Waals surface area contributed by atoms with E-state index in [1.807, 2.05) is 0 Å². The fourth-order valence-corrected chi connectivity index (χ4v) is 9.81. The molecule has 2 aliphatic carbocycles. The first-order chi connectivity index (χ1) is 20.5. The van der Waals surface area contributed by atoms with Gasteiger partial charge in [-0.3, -0.25) is 15.5 Å². The molecule has 0 radical (unpaired) electrons. The Morgan fingerprint density at radius 3 is 2.53 bits per heavy atom. The summed E-state index contributed by atoms with van der Waals surface area (Å²) in [6.07, 6.45) is 7.44. The van der Waals surface area contributed by atoms with E-state index in [0.29, 0.717) is 36.9 Å². The fraction of sp³-hybridized carbons (Fsp3) is 0.818. The highest BCUT2D eigenvalue weighted by molar-refractivity contribution is 7.90. The van der Waals surface area contributed by atoms with Crippen molar-refractivity contribution in [2.45, 2.75) is 127 Å². The van der Waals surface area contributed by atoms with Crippen molar-refractivity contribution in [3.05, 3.63) is 34.9 Å². The van der Waals surface area contributed by atoms with Crippen LogP contribution in [-0.4, -0.2) is 92.6 Å². The third-order valence-corrected chi connectivity index (χ3v) is 12.4. The summed E-state index contributed by atoms with van der Waals surface area (Å²) in [5, 5.41) is 16.0. The summed E-state index contributed by atoms with van der Waals surface area (Å²) in [6, 6.07) is 7.63. The van der Waals surface area contributed by atoms with Crippen molar-refractivity contribution in [2.24, 2.45) is 11.8 Å². The smallest absolute Gasteiger partial charge is 0.216 e. The van der Waals surface area contributed by atoms with Crippen LogP contribution in [0, 0.1) is 25.7 Å². The Hall–Kier alpha value is -1.11. The zero-order valence-electron chi connectivity index (χ0n) is 27.1. The fourth-order valence-electron chi connectivity index (χ4n) is 8.15. The molecule has 2 saturated heterocycles. The highest BCUT2D eigenvalue weighted by Crippen LogP contribution is 2.37. The standard InChI is InChI=1S/C33H57N5O4S/c1-22(2)15-28-21-42-31-19-30(32-23(3)9-6-10-24(32)4)34-33(35-31)36-43(40,41)29-12-7-11-25(16-29)20-38(28)27-17-26(18-27)37(5)13-8-14-39/h6,9-10,22,25-31,33-36,39H,7-8,11-21H2,1-5H3/t25?,26?,27?,28-,29?,30?,31?,33?/m1/s1. The van der Waals surface area contributed by atoms with E-state index in [9.17, 15) is 13.5 Å². The molecule has 5 unspecified atom stereocenters. The quantitative estimate of drug-likeness (QED) is 0.350. The molecule has 0 aromatic heterocycles. The summed E-state index contributed by atoms with van der Waals surface area (Å²) in [6.45, 7) is 11.6. The van der Waals surface area contributed by atoms with Crippen molar-refractivity contribution in [1.29, 1.82) is 0 Å². The normalized spacial score (nSPS) is 35.5. The third kappa shape index (κ3) is 8.19. The summed E-state index contributed by atoms with van der Waals surface area (Å²) in [5.74, 6) is 0.895. The van der Waals surface area contributed by atoms with Crippen LogP contribution in [0.2, 0.25) is 0 Å². The number of fused-ring (bicyclic) bond motifs is 4. The van der Waals surface area contributed by atoms with Crippen LogP contribution in [0.1, 0.15) is 94.4 Å². The minimum Gasteiger partial charge on any atom is -0.396 e. The number of aliphatic hydroxyl groups is 1. The van der Waals surface area contributed by atoms with E-state index in [2.05, 4.69) is 78.1 Å². The summed E-state index contributed by atoms with van der Waals surface area (Å²) in [7, 11) is -1.36. The Kier molecular flexibility index (Phi) is 11.2. The average Bonchev–Trinajstić information content (AvgIpc) is 2.92. The van der Waals surface area contributed by atoms with E-state index in [1.54, 1.807) is 0 Å². The van der Waals surface area contributed by atoms with Crippen molar-refractivity contribution >= 4 is 10.0 Å². The molecule has 6 atom stereocenters. The van der Waals surface area contributed by atoms with Gasteiger partial charge in [-0.1, -0.05) is 38.5 Å². The van der Waals surface area contributed by atoms with Gasteiger partial charge in [0, 0.05) is 50.3 Å². The molecule has 9 nitrogen and oxygen atoms in total. The molecule has 244 valence electrons. The van der Waals surface area contributed by atoms with E-state index in [4.69, 9.17) is 4.74 Å². The van der Waals surface area contributed by atoms with Crippen molar-refractivity contribution in [3.63, 3.8) is 0 Å². The predicted octanol–water partition coefficient (Wildman–Crippen LogP) is 3.61. The maximum Gasteiger partial charge on any atom is 0.216 e. The molecular formula is C33H57N5O4S. The molecule has 4 fully saturated rings. The van der Waals surface area contributed by atoms with Gasteiger partial charge in [0.25, 0.3) is 0 Å². The van der Waals surface area contributed by atoms with Crippen LogP contribution in [0.3, 0.4) is 0 Å². The van der Waals surface area contributed by atoms with E-state index in [0.717, 1.165) is 64.5 Å². The molecule has 1 aromatic rings. The van der Waals surface area contributed by atoms with Gasteiger partial charge in [-0.2, -0.15) is 4.72 Å². The zero-order valence-corrected chi connectivity index (χ0v) is 27.9. The minimum absolute atomic E-state index is 0.0223. The maximum atomic E-state index is 13.8. The number of ether oxygens (including phenoxy) is 1. The van der Waals surface area contributed by atoms with E-state index < -0.39 is 16.3 Å². The van der Waals surface area contributed by atoms with Gasteiger partial charge in [-0.05, 0) is 94.4 Å². The molecule has 0 amide bonds. The number of rotatable bonds is 8. The first kappa shape index (κ1) is 33.3. The Morgan fingerprint density at radius 1 is 1.09 bits per heavy atom. The van der Waals surface area contributed by atoms with Gasteiger partial charge in [0.05, 0.1) is 11.9 Å². The largest absolute Gasteiger partial charge is 0.396 e. The Labute approximate surface area is 260 Å². The number of sulfonamides is 1. The number of aliphatic hydroxyl groups excluding tert-OH is 1. The predicted molar refractivity (Wildman–Crippen MR) is 172 cm³/mol. The van der Waals surface area contributed by atoms with Crippen LogP contribution >= 0.6 is 0 Å². The highest BCUT2D eigenvalue weighted by Gasteiger charge is 2.43. The number of aryl methyl sites for hydroxylation is 2. The Bertz CT molecular complexity index is 1140. The topological polar surface area (TPSA) is 106 Å². The van der Waals surface area contributed by atoms with Crippen LogP contribution < -0.4 is 15.4 Å². The molecule has 4 bridgehead atoms. The molecular weight excluding hydrogens is 562 g/mol. The van der Waals surface area contributed by atoms with E-state index in [-0.39, 0.29) is 30.2 Å². The maximum absolute atomic E-state index is 13.8. The lowest BCUT2D eigenvalue weighted by molar-refractivity contribution is -0.0700. The number of hydrogen-bond donors (Lipinski definition) is 4. The van der Waals surface area contributed by atoms with Gasteiger partial charge in [0.2, 0.25) is 10.0 Å². The second-order valence-corrected chi connectivity index (χ2v) is 16.3. The van der Waals surface area contributed by atoms with Crippen LogP contribution in [-0.2, 0) is 14.8 Å². The summed E-state index contributed by atoms with van der Waals surface area (Å²) < 4.78 is 37.4. The molecule has 2 saturated carbocycles. The second-order valence-electron chi connectivity index (χ2n) is 14.3. The van der Waals surface area contributed by atoms with Crippen LogP contribution in [0.25, 0.3) is 0 Å². The molecule has 43 heavy (non-hydrogen) atoms. The van der Waals surface area contributed by atoms with Gasteiger partial charge in [0.15, 0.2) is 0 Å². The van der Waals surface area contributed by atoms with Crippen molar-refractivity contribution in [1.82, 2.24) is 25.2 Å². The molecule has 4 aliphatic rings. The van der Waals surface area contributed by atoms with Crippen molar-refractivity contribution < 1.29 is 18.3 Å². The number of nitrogens with one attached hydrogen (secondary N) is 3. The van der Waals surface area contributed by atoms with Gasteiger partial charge in [-0.25, -0.2) is 8.42 Å². The molecule has 5 rings (SSSR count). The third-order valence-electron chi connectivity index (χ3n) is 10.5.